The maximum atomic E-state index is 14.2. The molecule has 3 heteroatoms. The van der Waals surface area contributed by atoms with E-state index in [-0.39, 0.29) is 23.5 Å². The van der Waals surface area contributed by atoms with Gasteiger partial charge in [-0.05, 0) is 23.3 Å². The lowest BCUT2D eigenvalue weighted by molar-refractivity contribution is -0.121. The Bertz CT molecular complexity index is 1360. The molecule has 0 N–H and O–H groups in total. The number of carbonyl (C=O) groups excluding carboxylic acids is 2. The van der Waals surface area contributed by atoms with Gasteiger partial charge in [0.05, 0.1) is 5.41 Å². The van der Waals surface area contributed by atoms with Crippen molar-refractivity contribution in [2.45, 2.75) is 17.9 Å². The second kappa shape index (κ2) is 8.52. The highest BCUT2D eigenvalue weighted by atomic mass is 16.1. The molecule has 35 heavy (non-hydrogen) atoms. The van der Waals surface area contributed by atoms with Crippen molar-refractivity contribution in [3.8, 4) is 0 Å². The van der Waals surface area contributed by atoms with E-state index in [0.29, 0.717) is 17.6 Å². The van der Waals surface area contributed by atoms with Crippen molar-refractivity contribution in [2.24, 2.45) is 5.92 Å². The van der Waals surface area contributed by atoms with Gasteiger partial charge >= 0.3 is 0 Å². The van der Waals surface area contributed by atoms with E-state index in [0.717, 1.165) is 16.8 Å². The van der Waals surface area contributed by atoms with Crippen LogP contribution in [0.2, 0.25) is 0 Å². The van der Waals surface area contributed by atoms with Crippen molar-refractivity contribution in [1.29, 1.82) is 0 Å². The number of carbonyl (C=O) groups is 2. The van der Waals surface area contributed by atoms with Gasteiger partial charge in [-0.2, -0.15) is 0 Å². The Hall–Kier alpha value is -4.24. The summed E-state index contributed by atoms with van der Waals surface area (Å²) in [7, 11) is 0. The van der Waals surface area contributed by atoms with Crippen LogP contribution >= 0.6 is 0 Å². The number of nitrogens with zero attached hydrogens (tertiary/aromatic N) is 1. The van der Waals surface area contributed by atoms with Gasteiger partial charge in [0, 0.05) is 41.4 Å². The lowest BCUT2D eigenvalue weighted by Crippen LogP contribution is -2.42. The summed E-state index contributed by atoms with van der Waals surface area (Å²) in [6.07, 6.45) is 2.36. The van der Waals surface area contributed by atoms with Crippen LogP contribution in [0.4, 0.5) is 5.69 Å². The summed E-state index contributed by atoms with van der Waals surface area (Å²) in [5.74, 6) is -0.185. The first-order valence-electron chi connectivity index (χ1n) is 12.0. The maximum Gasteiger partial charge on any atom is 0.190 e. The maximum absolute atomic E-state index is 14.2. The average Bonchev–Trinajstić information content (AvgIpc) is 3.44. The fourth-order valence-electron chi connectivity index (χ4n) is 6.03. The van der Waals surface area contributed by atoms with Crippen LogP contribution in [0.1, 0.15) is 27.9 Å². The molecule has 4 aromatic carbocycles. The molecular weight excluding hydrogens is 430 g/mol. The molecule has 1 aliphatic carbocycles. The van der Waals surface area contributed by atoms with E-state index in [1.807, 2.05) is 128 Å². The molecule has 1 saturated carbocycles. The van der Waals surface area contributed by atoms with E-state index in [1.165, 1.54) is 0 Å². The largest absolute Gasteiger partial charge is 0.343 e. The fourth-order valence-corrected chi connectivity index (χ4v) is 6.03. The van der Waals surface area contributed by atoms with Crippen LogP contribution < -0.4 is 4.90 Å². The quantitative estimate of drug-likeness (QED) is 0.336. The van der Waals surface area contributed by atoms with Gasteiger partial charge in [-0.15, -0.1) is 0 Å². The molecule has 0 aromatic heterocycles. The molecule has 4 aromatic rings. The van der Waals surface area contributed by atoms with Gasteiger partial charge in [-0.1, -0.05) is 109 Å². The minimum atomic E-state index is -0.938. The summed E-state index contributed by atoms with van der Waals surface area (Å²) in [4.78, 5) is 30.4. The number of para-hydroxylation sites is 1. The van der Waals surface area contributed by atoms with Crippen LogP contribution in [-0.2, 0) is 10.2 Å². The van der Waals surface area contributed by atoms with Crippen LogP contribution in [0.3, 0.4) is 0 Å². The molecule has 1 fully saturated rings. The van der Waals surface area contributed by atoms with Crippen molar-refractivity contribution in [1.82, 2.24) is 0 Å². The summed E-state index contributed by atoms with van der Waals surface area (Å²) in [5, 5.41) is 0. The smallest absolute Gasteiger partial charge is 0.190 e. The number of anilines is 1. The molecule has 2 unspecified atom stereocenters. The van der Waals surface area contributed by atoms with E-state index in [9.17, 15) is 9.59 Å². The lowest BCUT2D eigenvalue weighted by Gasteiger charge is -2.36. The monoisotopic (exact) mass is 455 g/mol. The number of ketones is 2. The Kier molecular flexibility index (Phi) is 5.18. The fraction of sp³-hybridized carbons (Fsp3) is 0.125. The summed E-state index contributed by atoms with van der Waals surface area (Å²) in [5.41, 5.74) is 3.25. The Morgan fingerprint density at radius 2 is 1.17 bits per heavy atom. The molecule has 0 saturated heterocycles. The van der Waals surface area contributed by atoms with Crippen LogP contribution in [0.15, 0.2) is 133 Å². The Morgan fingerprint density at radius 3 is 1.71 bits per heavy atom. The molecule has 0 bridgehead atoms. The molecule has 0 spiro atoms. The first-order chi connectivity index (χ1) is 17.2. The Labute approximate surface area is 205 Å². The van der Waals surface area contributed by atoms with E-state index in [4.69, 9.17) is 0 Å². The molecule has 170 valence electrons. The normalized spacial score (nSPS) is 20.4. The third kappa shape index (κ3) is 3.27. The van der Waals surface area contributed by atoms with Gasteiger partial charge in [-0.25, -0.2) is 0 Å². The second-order valence-corrected chi connectivity index (χ2v) is 9.23. The van der Waals surface area contributed by atoms with Crippen molar-refractivity contribution in [2.75, 3.05) is 4.90 Å². The molecule has 3 nitrogen and oxygen atoms in total. The number of fused-ring (bicyclic) bond motifs is 1. The Balaban J connectivity index is 1.61. The van der Waals surface area contributed by atoms with Crippen LogP contribution in [0.25, 0.3) is 0 Å². The molecule has 1 heterocycles. The molecular formula is C32H25NO2. The molecule has 1 aliphatic heterocycles. The highest BCUT2D eigenvalue weighted by Crippen LogP contribution is 2.56. The summed E-state index contributed by atoms with van der Waals surface area (Å²) >= 11 is 0. The molecule has 2 atom stereocenters. The number of rotatable bonds is 5. The highest BCUT2D eigenvalue weighted by Gasteiger charge is 2.62. The van der Waals surface area contributed by atoms with Crippen molar-refractivity contribution in [3.05, 3.63) is 150 Å². The summed E-state index contributed by atoms with van der Waals surface area (Å²) < 4.78 is 0. The standard InChI is InChI=1S/C32H25NO2/c34-29-21-28-30(32(29,24-15-7-2-8-16-24)25-17-9-3-10-18-25)27(31(35)23-13-5-1-6-14-23)22-33(28)26-19-11-4-12-20-26/h1-20,22,28,30H,21H2. The van der Waals surface area contributed by atoms with Crippen molar-refractivity contribution >= 4 is 17.3 Å². The summed E-state index contributed by atoms with van der Waals surface area (Å²) in [6.45, 7) is 0. The van der Waals surface area contributed by atoms with Gasteiger partial charge in [0.1, 0.15) is 0 Å². The van der Waals surface area contributed by atoms with Crippen LogP contribution in [0.5, 0.6) is 0 Å². The minimum absolute atomic E-state index is 0.0232. The molecule has 0 amide bonds. The zero-order chi connectivity index (χ0) is 23.8. The Morgan fingerprint density at radius 1 is 0.686 bits per heavy atom. The van der Waals surface area contributed by atoms with Crippen LogP contribution in [0, 0.1) is 5.92 Å². The molecule has 6 rings (SSSR count). The summed E-state index contributed by atoms with van der Waals surface area (Å²) in [6, 6.07) is 39.3. The number of hydrogen-bond acceptors (Lipinski definition) is 3. The topological polar surface area (TPSA) is 37.4 Å². The molecule has 0 radical (unpaired) electrons. The van der Waals surface area contributed by atoms with Crippen LogP contribution in [-0.4, -0.2) is 17.6 Å². The first-order valence-corrected chi connectivity index (χ1v) is 12.0. The van der Waals surface area contributed by atoms with Gasteiger partial charge in [0.2, 0.25) is 0 Å². The first kappa shape index (κ1) is 21.3. The minimum Gasteiger partial charge on any atom is -0.343 e. The lowest BCUT2D eigenvalue weighted by atomic mass is 9.64. The van der Waals surface area contributed by atoms with Crippen molar-refractivity contribution in [3.63, 3.8) is 0 Å². The molecule has 2 aliphatic rings. The zero-order valence-electron chi connectivity index (χ0n) is 19.2. The van der Waals surface area contributed by atoms with E-state index < -0.39 is 5.41 Å². The zero-order valence-corrected chi connectivity index (χ0v) is 19.2. The SMILES string of the molecule is O=C(C1=CN(c2ccccc2)C2CC(=O)C(c3ccccc3)(c3ccccc3)C12)c1ccccc1. The van der Waals surface area contributed by atoms with E-state index in [2.05, 4.69) is 4.90 Å². The number of benzene rings is 4. The number of Topliss-reactive ketones (excluding diaryl/α,β-unsaturated/α-hetero) is 2. The van der Waals surface area contributed by atoms with Gasteiger partial charge in [-0.3, -0.25) is 9.59 Å². The third-order valence-corrected chi connectivity index (χ3v) is 7.47. The highest BCUT2D eigenvalue weighted by molar-refractivity contribution is 6.12. The second-order valence-electron chi connectivity index (χ2n) is 9.23. The predicted octanol–water partition coefficient (Wildman–Crippen LogP) is 6.22. The number of hydrogen-bond donors (Lipinski definition) is 0. The average molecular weight is 456 g/mol. The van der Waals surface area contributed by atoms with E-state index in [1.54, 1.807) is 0 Å². The van der Waals surface area contributed by atoms with Gasteiger partial charge in [0.15, 0.2) is 11.6 Å². The van der Waals surface area contributed by atoms with Gasteiger partial charge < -0.3 is 4.90 Å². The van der Waals surface area contributed by atoms with Gasteiger partial charge in [0.25, 0.3) is 0 Å². The van der Waals surface area contributed by atoms with Crippen molar-refractivity contribution < 1.29 is 9.59 Å². The third-order valence-electron chi connectivity index (χ3n) is 7.47. The predicted molar refractivity (Wildman–Crippen MR) is 138 cm³/mol. The van der Waals surface area contributed by atoms with E-state index >= 15 is 0 Å².